The molecule has 0 radical (unpaired) electrons. The van der Waals surface area contributed by atoms with Crippen LogP contribution in [-0.4, -0.2) is 46.5 Å². The SMILES string of the molecule is COc1ccc(Nc2nc(N/N=C/c3cc(Br)c(O)c(Br)c3)nc(N3CCC(Cc4ccccc4)CC3)n2)cc1. The molecule has 0 bridgehead atoms. The molecule has 1 aliphatic heterocycles. The summed E-state index contributed by atoms with van der Waals surface area (Å²) in [6.45, 7) is 1.73. The maximum absolute atomic E-state index is 9.96. The number of piperidine rings is 1. The zero-order valence-electron chi connectivity index (χ0n) is 21.9. The van der Waals surface area contributed by atoms with Crippen molar-refractivity contribution >= 4 is 61.6 Å². The number of benzene rings is 3. The van der Waals surface area contributed by atoms with Gasteiger partial charge in [-0.05, 0) is 105 Å². The van der Waals surface area contributed by atoms with Crippen LogP contribution in [0.5, 0.6) is 11.5 Å². The molecule has 0 atom stereocenters. The molecular formula is C29H29Br2N7O2. The molecule has 11 heteroatoms. The van der Waals surface area contributed by atoms with Crippen molar-refractivity contribution in [2.75, 3.05) is 35.8 Å². The largest absolute Gasteiger partial charge is 0.506 e. The topological polar surface area (TPSA) is 108 Å². The number of methoxy groups -OCH3 is 1. The molecule has 40 heavy (non-hydrogen) atoms. The van der Waals surface area contributed by atoms with Crippen molar-refractivity contribution in [1.82, 2.24) is 15.0 Å². The molecule has 3 aromatic carbocycles. The van der Waals surface area contributed by atoms with Crippen LogP contribution in [0.2, 0.25) is 0 Å². The third-order valence-electron chi connectivity index (χ3n) is 6.65. The predicted octanol–water partition coefficient (Wildman–Crippen LogP) is 6.76. The van der Waals surface area contributed by atoms with E-state index in [2.05, 4.69) is 92.9 Å². The minimum Gasteiger partial charge on any atom is -0.506 e. The van der Waals surface area contributed by atoms with Crippen molar-refractivity contribution in [2.45, 2.75) is 19.3 Å². The molecular weight excluding hydrogens is 638 g/mol. The van der Waals surface area contributed by atoms with E-state index < -0.39 is 0 Å². The van der Waals surface area contributed by atoms with Crippen LogP contribution in [0.4, 0.5) is 23.5 Å². The number of aromatic hydroxyl groups is 1. The quantitative estimate of drug-likeness (QED) is 0.133. The zero-order chi connectivity index (χ0) is 27.9. The van der Waals surface area contributed by atoms with Crippen LogP contribution in [0.15, 0.2) is 80.8 Å². The normalized spacial score (nSPS) is 13.9. The lowest BCUT2D eigenvalue weighted by molar-refractivity contribution is 0.400. The van der Waals surface area contributed by atoms with Crippen molar-refractivity contribution in [2.24, 2.45) is 11.0 Å². The number of aromatic nitrogens is 3. The Labute approximate surface area is 250 Å². The summed E-state index contributed by atoms with van der Waals surface area (Å²) < 4.78 is 6.39. The highest BCUT2D eigenvalue weighted by Crippen LogP contribution is 2.33. The molecule has 9 nitrogen and oxygen atoms in total. The van der Waals surface area contributed by atoms with Gasteiger partial charge in [-0.3, -0.25) is 0 Å². The third kappa shape index (κ3) is 7.28. The van der Waals surface area contributed by atoms with Crippen LogP contribution >= 0.6 is 31.9 Å². The van der Waals surface area contributed by atoms with Gasteiger partial charge in [-0.1, -0.05) is 30.3 Å². The van der Waals surface area contributed by atoms with Gasteiger partial charge in [-0.25, -0.2) is 5.43 Å². The highest BCUT2D eigenvalue weighted by Gasteiger charge is 2.22. The van der Waals surface area contributed by atoms with Gasteiger partial charge in [0.15, 0.2) is 0 Å². The Bertz CT molecular complexity index is 1440. The second kappa shape index (κ2) is 13.1. The Kier molecular flexibility index (Phi) is 9.12. The fourth-order valence-corrected chi connectivity index (χ4v) is 5.75. The summed E-state index contributed by atoms with van der Waals surface area (Å²) in [6.07, 6.45) is 4.84. The van der Waals surface area contributed by atoms with Crippen molar-refractivity contribution < 1.29 is 9.84 Å². The molecule has 1 aliphatic rings. The average molecular weight is 667 g/mol. The van der Waals surface area contributed by atoms with E-state index in [-0.39, 0.29) is 5.75 Å². The lowest BCUT2D eigenvalue weighted by Gasteiger charge is -2.32. The van der Waals surface area contributed by atoms with E-state index in [0.29, 0.717) is 32.7 Å². The van der Waals surface area contributed by atoms with Gasteiger partial charge < -0.3 is 20.1 Å². The molecule has 2 heterocycles. The number of anilines is 4. The van der Waals surface area contributed by atoms with Crippen LogP contribution in [0.25, 0.3) is 0 Å². The standard InChI is InChI=1S/C29H29Br2N7O2/c1-40-23-9-7-22(8-10-23)33-27-34-28(37-32-18-21-16-24(30)26(39)25(31)17-21)36-29(35-27)38-13-11-20(12-14-38)15-19-5-3-2-4-6-19/h2-10,16-18,20,39H,11-15H2,1H3,(H2,33,34,35,36,37)/b32-18+. The Morgan fingerprint density at radius 1 is 0.975 bits per heavy atom. The van der Waals surface area contributed by atoms with Gasteiger partial charge in [0, 0.05) is 18.8 Å². The molecule has 0 aliphatic carbocycles. The number of ether oxygens (including phenoxy) is 1. The van der Waals surface area contributed by atoms with E-state index in [9.17, 15) is 5.11 Å². The first-order valence-corrected chi connectivity index (χ1v) is 14.5. The van der Waals surface area contributed by atoms with Crippen LogP contribution in [0.3, 0.4) is 0 Å². The van der Waals surface area contributed by atoms with Crippen molar-refractivity contribution in [3.8, 4) is 11.5 Å². The van der Waals surface area contributed by atoms with Crippen LogP contribution in [0, 0.1) is 5.92 Å². The van der Waals surface area contributed by atoms with E-state index in [1.807, 2.05) is 24.3 Å². The fraction of sp³-hybridized carbons (Fsp3) is 0.241. The summed E-state index contributed by atoms with van der Waals surface area (Å²) in [5, 5.41) is 17.6. The Morgan fingerprint density at radius 3 is 2.33 bits per heavy atom. The average Bonchev–Trinajstić information content (AvgIpc) is 2.97. The van der Waals surface area contributed by atoms with E-state index in [1.54, 1.807) is 25.5 Å². The number of rotatable bonds is 9. The second-order valence-electron chi connectivity index (χ2n) is 9.46. The van der Waals surface area contributed by atoms with Gasteiger partial charge in [-0.2, -0.15) is 20.1 Å². The Balaban J connectivity index is 1.33. The third-order valence-corrected chi connectivity index (χ3v) is 7.86. The number of halogens is 2. The number of phenolic OH excluding ortho intramolecular Hbond substituents is 1. The number of hydrazone groups is 1. The molecule has 206 valence electrons. The summed E-state index contributed by atoms with van der Waals surface area (Å²) in [7, 11) is 1.64. The summed E-state index contributed by atoms with van der Waals surface area (Å²) in [6, 6.07) is 21.7. The second-order valence-corrected chi connectivity index (χ2v) is 11.2. The maximum Gasteiger partial charge on any atom is 0.250 e. The molecule has 1 saturated heterocycles. The Hall–Kier alpha value is -3.70. The van der Waals surface area contributed by atoms with Gasteiger partial charge in [0.25, 0.3) is 0 Å². The lowest BCUT2D eigenvalue weighted by Crippen LogP contribution is -2.35. The van der Waals surface area contributed by atoms with Crippen molar-refractivity contribution in [3.63, 3.8) is 0 Å². The molecule has 0 amide bonds. The summed E-state index contributed by atoms with van der Waals surface area (Å²) in [4.78, 5) is 16.2. The molecule has 3 N–H and O–H groups in total. The first kappa shape index (κ1) is 27.9. The number of hydrogen-bond donors (Lipinski definition) is 3. The molecule has 0 spiro atoms. The number of nitrogens with zero attached hydrogens (tertiary/aromatic N) is 5. The minimum absolute atomic E-state index is 0.133. The molecule has 1 fully saturated rings. The van der Waals surface area contributed by atoms with Crippen LogP contribution < -0.4 is 20.4 Å². The maximum atomic E-state index is 9.96. The molecule has 4 aromatic rings. The number of hydrogen-bond acceptors (Lipinski definition) is 9. The van der Waals surface area contributed by atoms with Crippen molar-refractivity contribution in [1.29, 1.82) is 0 Å². The monoisotopic (exact) mass is 665 g/mol. The van der Waals surface area contributed by atoms with Crippen LogP contribution in [0.1, 0.15) is 24.0 Å². The molecule has 0 saturated carbocycles. The zero-order valence-corrected chi connectivity index (χ0v) is 25.1. The molecule has 5 rings (SSSR count). The van der Waals surface area contributed by atoms with Crippen LogP contribution in [-0.2, 0) is 6.42 Å². The van der Waals surface area contributed by atoms with Gasteiger partial charge in [0.1, 0.15) is 11.5 Å². The van der Waals surface area contributed by atoms with E-state index in [1.165, 1.54) is 5.56 Å². The number of nitrogens with one attached hydrogen (secondary N) is 2. The van der Waals surface area contributed by atoms with Gasteiger partial charge in [0.05, 0.1) is 22.3 Å². The van der Waals surface area contributed by atoms with E-state index in [0.717, 1.165) is 49.4 Å². The van der Waals surface area contributed by atoms with Gasteiger partial charge in [0.2, 0.25) is 17.8 Å². The van der Waals surface area contributed by atoms with E-state index in [4.69, 9.17) is 9.72 Å². The lowest BCUT2D eigenvalue weighted by atomic mass is 9.90. The summed E-state index contributed by atoms with van der Waals surface area (Å²) >= 11 is 6.69. The number of phenols is 1. The highest BCUT2D eigenvalue weighted by atomic mass is 79.9. The summed E-state index contributed by atoms with van der Waals surface area (Å²) in [5.41, 5.74) is 5.92. The fourth-order valence-electron chi connectivity index (χ4n) is 4.52. The first-order valence-electron chi connectivity index (χ1n) is 12.9. The molecule has 1 aromatic heterocycles. The smallest absolute Gasteiger partial charge is 0.250 e. The van der Waals surface area contributed by atoms with Crippen molar-refractivity contribution in [3.05, 3.63) is 86.8 Å². The van der Waals surface area contributed by atoms with Gasteiger partial charge in [-0.15, -0.1) is 0 Å². The predicted molar refractivity (Wildman–Crippen MR) is 166 cm³/mol. The molecule has 0 unspecified atom stereocenters. The highest BCUT2D eigenvalue weighted by molar-refractivity contribution is 9.11. The minimum atomic E-state index is 0.133. The first-order chi connectivity index (χ1) is 19.5. The van der Waals surface area contributed by atoms with E-state index >= 15 is 0 Å². The summed E-state index contributed by atoms with van der Waals surface area (Å²) in [5.74, 6) is 2.86. The Morgan fingerprint density at radius 2 is 1.65 bits per heavy atom. The van der Waals surface area contributed by atoms with Gasteiger partial charge >= 0.3 is 0 Å².